The largest absolute Gasteiger partial charge is 0.497 e. The van der Waals surface area contributed by atoms with Gasteiger partial charge in [-0.3, -0.25) is 14.9 Å². The van der Waals surface area contributed by atoms with Crippen LogP contribution in [0.15, 0.2) is 78.9 Å². The van der Waals surface area contributed by atoms with E-state index >= 15 is 0 Å². The Hall–Kier alpha value is -3.64. The van der Waals surface area contributed by atoms with Crippen LogP contribution in [0.25, 0.3) is 0 Å². The van der Waals surface area contributed by atoms with E-state index in [4.69, 9.17) is 4.74 Å². The van der Waals surface area contributed by atoms with Gasteiger partial charge in [0.2, 0.25) is 11.8 Å². The van der Waals surface area contributed by atoms with E-state index in [-0.39, 0.29) is 24.4 Å². The Kier molecular flexibility index (Phi) is 6.82. The van der Waals surface area contributed by atoms with E-state index in [2.05, 4.69) is 10.6 Å². The first-order valence-corrected chi connectivity index (χ1v) is 10.8. The Morgan fingerprint density at radius 3 is 2.28 bits per heavy atom. The van der Waals surface area contributed by atoms with Crippen molar-refractivity contribution in [2.24, 2.45) is 0 Å². The zero-order chi connectivity index (χ0) is 22.3. The van der Waals surface area contributed by atoms with Gasteiger partial charge in [0.25, 0.3) is 0 Å². The summed E-state index contributed by atoms with van der Waals surface area (Å²) in [5.74, 6) is 0.804. The Balaban J connectivity index is 1.40. The molecule has 0 aromatic heterocycles. The molecule has 1 aliphatic rings. The molecule has 3 aromatic rings. The first-order valence-electron chi connectivity index (χ1n) is 10.8. The lowest BCUT2D eigenvalue weighted by atomic mass is 9.98. The van der Waals surface area contributed by atoms with E-state index in [9.17, 15) is 9.59 Å². The summed E-state index contributed by atoms with van der Waals surface area (Å²) in [7, 11) is 1.64. The summed E-state index contributed by atoms with van der Waals surface area (Å²) in [6, 6.07) is 25.1. The van der Waals surface area contributed by atoms with Crippen LogP contribution < -0.4 is 20.3 Å². The molecule has 6 heteroatoms. The number of carbonyl (C=O) groups is 2. The number of benzene rings is 3. The fraction of sp³-hybridized carbons (Fsp3) is 0.231. The van der Waals surface area contributed by atoms with Gasteiger partial charge in [0, 0.05) is 24.3 Å². The maximum Gasteiger partial charge on any atom is 0.238 e. The highest BCUT2D eigenvalue weighted by molar-refractivity contribution is 5.96. The van der Waals surface area contributed by atoms with Crippen LogP contribution in [-0.4, -0.2) is 32.0 Å². The molecule has 2 N–H and O–H groups in total. The summed E-state index contributed by atoms with van der Waals surface area (Å²) in [4.78, 5) is 26.3. The molecule has 4 rings (SSSR count). The molecule has 0 bridgehead atoms. The lowest BCUT2D eigenvalue weighted by Gasteiger charge is -2.20. The van der Waals surface area contributed by atoms with Crippen LogP contribution in [-0.2, 0) is 9.59 Å². The van der Waals surface area contributed by atoms with E-state index in [1.54, 1.807) is 12.0 Å². The van der Waals surface area contributed by atoms with E-state index in [1.807, 2.05) is 78.9 Å². The molecule has 1 unspecified atom stereocenters. The second-order valence-corrected chi connectivity index (χ2v) is 7.74. The van der Waals surface area contributed by atoms with Gasteiger partial charge >= 0.3 is 0 Å². The predicted molar refractivity (Wildman–Crippen MR) is 126 cm³/mol. The summed E-state index contributed by atoms with van der Waals surface area (Å²) >= 11 is 0. The minimum atomic E-state index is -0.135. The average Bonchev–Trinajstić information content (AvgIpc) is 3.26. The Morgan fingerprint density at radius 2 is 1.66 bits per heavy atom. The van der Waals surface area contributed by atoms with Gasteiger partial charge in [-0.1, -0.05) is 42.5 Å². The molecule has 1 fully saturated rings. The lowest BCUT2D eigenvalue weighted by Crippen LogP contribution is -2.32. The summed E-state index contributed by atoms with van der Waals surface area (Å²) in [6.07, 6.45) is 1.49. The van der Waals surface area contributed by atoms with Crippen molar-refractivity contribution < 1.29 is 14.3 Å². The smallest absolute Gasteiger partial charge is 0.238 e. The van der Waals surface area contributed by atoms with Gasteiger partial charge in [-0.2, -0.15) is 0 Å². The molecule has 0 aliphatic carbocycles. The van der Waals surface area contributed by atoms with Crippen LogP contribution in [0.1, 0.15) is 30.0 Å². The second-order valence-electron chi connectivity index (χ2n) is 7.74. The monoisotopic (exact) mass is 429 g/mol. The van der Waals surface area contributed by atoms with E-state index in [1.165, 1.54) is 0 Å². The minimum absolute atomic E-state index is 0.128. The molecule has 0 spiro atoms. The van der Waals surface area contributed by atoms with Crippen molar-refractivity contribution in [3.8, 4) is 5.75 Å². The Morgan fingerprint density at radius 1 is 0.969 bits per heavy atom. The average molecular weight is 430 g/mol. The Bertz CT molecular complexity index is 1050. The number of carbonyl (C=O) groups excluding carboxylic acids is 2. The zero-order valence-corrected chi connectivity index (χ0v) is 18.1. The quantitative estimate of drug-likeness (QED) is 0.565. The zero-order valence-electron chi connectivity index (χ0n) is 18.1. The number of rotatable bonds is 8. The van der Waals surface area contributed by atoms with Gasteiger partial charge in [0.05, 0.1) is 19.7 Å². The summed E-state index contributed by atoms with van der Waals surface area (Å²) < 4.78 is 5.26. The van der Waals surface area contributed by atoms with Gasteiger partial charge in [0.1, 0.15) is 5.75 Å². The highest BCUT2D eigenvalue weighted by Gasteiger charge is 2.21. The van der Waals surface area contributed by atoms with Crippen LogP contribution in [0.4, 0.5) is 11.4 Å². The van der Waals surface area contributed by atoms with Crippen LogP contribution in [0.2, 0.25) is 0 Å². The highest BCUT2D eigenvalue weighted by Crippen LogP contribution is 2.25. The van der Waals surface area contributed by atoms with Crippen LogP contribution in [0.3, 0.4) is 0 Å². The number of nitrogens with zero attached hydrogens (tertiary/aromatic N) is 1. The third kappa shape index (κ3) is 5.15. The number of nitrogens with one attached hydrogen (secondary N) is 2. The molecule has 164 valence electrons. The number of ether oxygens (including phenoxy) is 1. The summed E-state index contributed by atoms with van der Waals surface area (Å²) in [5, 5.41) is 6.29. The van der Waals surface area contributed by atoms with E-state index in [0.717, 1.165) is 35.5 Å². The van der Waals surface area contributed by atoms with Crippen molar-refractivity contribution in [3.05, 3.63) is 90.0 Å². The van der Waals surface area contributed by atoms with E-state index in [0.29, 0.717) is 12.1 Å². The van der Waals surface area contributed by atoms with Crippen LogP contribution >= 0.6 is 0 Å². The topological polar surface area (TPSA) is 70.7 Å². The first-order chi connectivity index (χ1) is 15.6. The number of hydrogen-bond acceptors (Lipinski definition) is 4. The van der Waals surface area contributed by atoms with Crippen molar-refractivity contribution >= 4 is 23.2 Å². The molecule has 0 radical (unpaired) electrons. The number of amides is 2. The molecule has 0 saturated carbocycles. The number of methoxy groups -OCH3 is 1. The summed E-state index contributed by atoms with van der Waals surface area (Å²) in [6.45, 7) is 0.901. The van der Waals surface area contributed by atoms with Crippen molar-refractivity contribution in [1.29, 1.82) is 0 Å². The molecule has 1 heterocycles. The predicted octanol–water partition coefficient (Wildman–Crippen LogP) is 4.14. The standard InChI is InChI=1S/C26H27N3O3/c1-32-23-15-9-20(10-16-23)26(19-6-3-2-4-7-19)27-18-24(30)28-21-11-13-22(14-12-21)29-17-5-8-25(29)31/h2-4,6-7,9-16,26-27H,5,8,17-18H2,1H3,(H,28,30). The fourth-order valence-corrected chi connectivity index (χ4v) is 3.92. The third-order valence-electron chi connectivity index (χ3n) is 5.58. The normalized spacial score (nSPS) is 14.3. The summed E-state index contributed by atoms with van der Waals surface area (Å²) in [5.41, 5.74) is 3.69. The van der Waals surface area contributed by atoms with Crippen molar-refractivity contribution in [2.75, 3.05) is 30.4 Å². The van der Waals surface area contributed by atoms with Crippen LogP contribution in [0, 0.1) is 0 Å². The van der Waals surface area contributed by atoms with Crippen molar-refractivity contribution in [3.63, 3.8) is 0 Å². The number of hydrogen-bond donors (Lipinski definition) is 2. The van der Waals surface area contributed by atoms with Gasteiger partial charge in [-0.15, -0.1) is 0 Å². The maximum absolute atomic E-state index is 12.6. The second kappa shape index (κ2) is 10.1. The molecule has 32 heavy (non-hydrogen) atoms. The van der Waals surface area contributed by atoms with Gasteiger partial charge < -0.3 is 15.0 Å². The molecule has 3 aromatic carbocycles. The molecule has 6 nitrogen and oxygen atoms in total. The first kappa shape index (κ1) is 21.6. The van der Waals surface area contributed by atoms with Gasteiger partial charge in [-0.05, 0) is 53.9 Å². The molecule has 1 saturated heterocycles. The molecular formula is C26H27N3O3. The highest BCUT2D eigenvalue weighted by atomic mass is 16.5. The van der Waals surface area contributed by atoms with E-state index < -0.39 is 0 Å². The number of anilines is 2. The van der Waals surface area contributed by atoms with Crippen molar-refractivity contribution in [2.45, 2.75) is 18.9 Å². The fourth-order valence-electron chi connectivity index (χ4n) is 3.92. The SMILES string of the molecule is COc1ccc(C(NCC(=O)Nc2ccc(N3CCCC3=O)cc2)c2ccccc2)cc1. The van der Waals surface area contributed by atoms with Crippen LogP contribution in [0.5, 0.6) is 5.75 Å². The lowest BCUT2D eigenvalue weighted by molar-refractivity contribution is -0.117. The van der Waals surface area contributed by atoms with Crippen molar-refractivity contribution in [1.82, 2.24) is 5.32 Å². The maximum atomic E-state index is 12.6. The Labute approximate surface area is 188 Å². The minimum Gasteiger partial charge on any atom is -0.497 e. The molecule has 1 aliphatic heterocycles. The molecular weight excluding hydrogens is 402 g/mol. The third-order valence-corrected chi connectivity index (χ3v) is 5.58. The molecule has 2 amide bonds. The van der Waals surface area contributed by atoms with Gasteiger partial charge in [0.15, 0.2) is 0 Å². The van der Waals surface area contributed by atoms with Gasteiger partial charge in [-0.25, -0.2) is 0 Å². The molecule has 1 atom stereocenters.